The van der Waals surface area contributed by atoms with Gasteiger partial charge in [0.25, 0.3) is 11.8 Å². The van der Waals surface area contributed by atoms with Crippen LogP contribution < -0.4 is 15.5 Å². The molecule has 40 heavy (non-hydrogen) atoms. The normalized spacial score (nSPS) is 17.2. The number of ether oxygens (including phenoxy) is 1. The summed E-state index contributed by atoms with van der Waals surface area (Å²) in [4.78, 5) is 42.1. The van der Waals surface area contributed by atoms with Gasteiger partial charge in [-0.25, -0.2) is 0 Å². The van der Waals surface area contributed by atoms with E-state index in [1.54, 1.807) is 12.1 Å². The number of carbonyl (C=O) groups is 3. The van der Waals surface area contributed by atoms with Gasteiger partial charge in [0.2, 0.25) is 5.91 Å². The van der Waals surface area contributed by atoms with Crippen LogP contribution in [0.25, 0.3) is 0 Å². The summed E-state index contributed by atoms with van der Waals surface area (Å²) < 4.78 is 47.7. The van der Waals surface area contributed by atoms with Gasteiger partial charge in [0.05, 0.1) is 27.1 Å². The Morgan fingerprint density at radius 3 is 2.50 bits per heavy atom. The molecule has 2 aromatic rings. The van der Waals surface area contributed by atoms with Crippen molar-refractivity contribution < 1.29 is 32.3 Å². The highest BCUT2D eigenvalue weighted by Gasteiger charge is 2.40. The topological polar surface area (TPSA) is 91.0 Å². The molecule has 0 spiro atoms. The van der Waals surface area contributed by atoms with Crippen LogP contribution in [0.1, 0.15) is 48.8 Å². The number of anilines is 2. The quantitative estimate of drug-likeness (QED) is 0.421. The van der Waals surface area contributed by atoms with Gasteiger partial charge in [0, 0.05) is 31.4 Å². The van der Waals surface area contributed by atoms with E-state index < -0.39 is 29.6 Å². The molecule has 1 aliphatic heterocycles. The van der Waals surface area contributed by atoms with Crippen molar-refractivity contribution in [3.63, 3.8) is 0 Å². The lowest BCUT2D eigenvalue weighted by Gasteiger charge is -2.36. The van der Waals surface area contributed by atoms with E-state index >= 15 is 0 Å². The lowest BCUT2D eigenvalue weighted by molar-refractivity contribution is -0.137. The number of nitrogens with one attached hydrogen (secondary N) is 2. The van der Waals surface area contributed by atoms with E-state index in [1.165, 1.54) is 12.1 Å². The summed E-state index contributed by atoms with van der Waals surface area (Å²) >= 11 is 7.06. The second kappa shape index (κ2) is 12.1. The molecule has 13 heteroatoms. The van der Waals surface area contributed by atoms with Crippen LogP contribution in [-0.2, 0) is 20.5 Å². The van der Waals surface area contributed by atoms with Crippen LogP contribution >= 0.6 is 22.9 Å². The molecule has 8 nitrogen and oxygen atoms in total. The summed E-state index contributed by atoms with van der Waals surface area (Å²) in [5.74, 6) is -1.50. The Balaban J connectivity index is 1.59. The Hall–Kier alpha value is -2.67. The van der Waals surface area contributed by atoms with Crippen LogP contribution in [0.4, 0.5) is 24.5 Å². The molecule has 2 heterocycles. The van der Waals surface area contributed by atoms with Gasteiger partial charge in [-0.05, 0) is 48.6 Å². The van der Waals surface area contributed by atoms with Crippen LogP contribution in [0.3, 0.4) is 0 Å². The highest BCUT2D eigenvalue weighted by Crippen LogP contribution is 2.39. The molecule has 0 radical (unpaired) electrons. The Morgan fingerprint density at radius 2 is 1.93 bits per heavy atom. The molecule has 218 valence electrons. The second-order valence-electron chi connectivity index (χ2n) is 11.1. The first kappa shape index (κ1) is 30.3. The zero-order valence-corrected chi connectivity index (χ0v) is 24.0. The lowest BCUT2D eigenvalue weighted by Crippen LogP contribution is -2.53. The molecule has 1 saturated heterocycles. The predicted octanol–water partition coefficient (Wildman–Crippen LogP) is 5.03. The lowest BCUT2D eigenvalue weighted by atomic mass is 9.95. The first-order valence-electron chi connectivity index (χ1n) is 12.9. The molecule has 4 rings (SSSR count). The third kappa shape index (κ3) is 7.74. The van der Waals surface area contributed by atoms with Gasteiger partial charge in [-0.15, -0.1) is 11.3 Å². The zero-order chi connectivity index (χ0) is 29.2. The minimum Gasteiger partial charge on any atom is -0.370 e. The first-order chi connectivity index (χ1) is 18.7. The van der Waals surface area contributed by atoms with Crippen molar-refractivity contribution in [3.05, 3.63) is 45.1 Å². The van der Waals surface area contributed by atoms with E-state index in [2.05, 4.69) is 10.6 Å². The van der Waals surface area contributed by atoms with Crippen molar-refractivity contribution >= 4 is 52.0 Å². The predicted molar refractivity (Wildman–Crippen MR) is 148 cm³/mol. The van der Waals surface area contributed by atoms with E-state index in [9.17, 15) is 27.6 Å². The van der Waals surface area contributed by atoms with Crippen molar-refractivity contribution in [3.8, 4) is 0 Å². The van der Waals surface area contributed by atoms with Crippen LogP contribution in [0.15, 0.2) is 30.3 Å². The van der Waals surface area contributed by atoms with Gasteiger partial charge < -0.3 is 20.3 Å². The highest BCUT2D eigenvalue weighted by molar-refractivity contribution is 7.18. The maximum absolute atomic E-state index is 14.1. The van der Waals surface area contributed by atoms with Gasteiger partial charge in [0.15, 0.2) is 0 Å². The van der Waals surface area contributed by atoms with Gasteiger partial charge in [-0.2, -0.15) is 13.2 Å². The molecule has 1 aromatic heterocycles. The highest BCUT2D eigenvalue weighted by atomic mass is 35.5. The van der Waals surface area contributed by atoms with E-state index in [1.807, 2.05) is 25.7 Å². The first-order valence-corrected chi connectivity index (χ1v) is 14.1. The molecule has 1 aromatic carbocycles. The summed E-state index contributed by atoms with van der Waals surface area (Å²) in [5.41, 5.74) is -1.56. The number of hydrogen-bond acceptors (Lipinski definition) is 6. The molecular weight excluding hydrogens is 569 g/mol. The third-order valence-electron chi connectivity index (χ3n) is 6.47. The van der Waals surface area contributed by atoms with E-state index in [0.717, 1.165) is 35.1 Å². The maximum atomic E-state index is 14.1. The maximum Gasteiger partial charge on any atom is 0.418 e. The number of hydrogen-bond donors (Lipinski definition) is 2. The fraction of sp³-hybridized carbons (Fsp3) is 0.519. The molecular formula is C27H32ClF3N4O4S. The van der Waals surface area contributed by atoms with Gasteiger partial charge >= 0.3 is 6.18 Å². The number of alkyl halides is 3. The fourth-order valence-electron chi connectivity index (χ4n) is 4.60. The second-order valence-corrected chi connectivity index (χ2v) is 12.8. The SMILES string of the molecule is CC(C)(C)CN(C1CC1)[C@H](CNC(=O)c1ccc(Cl)s1)C(=O)Nc1ccc(N2CCOCC2=O)c(C(F)(F)F)c1. The van der Waals surface area contributed by atoms with Crippen LogP contribution in [0.2, 0.25) is 4.34 Å². The van der Waals surface area contributed by atoms with Gasteiger partial charge in [-0.3, -0.25) is 19.3 Å². The summed E-state index contributed by atoms with van der Waals surface area (Å²) in [7, 11) is 0. The largest absolute Gasteiger partial charge is 0.418 e. The Kier molecular flexibility index (Phi) is 9.13. The van der Waals surface area contributed by atoms with E-state index in [0.29, 0.717) is 15.8 Å². The zero-order valence-electron chi connectivity index (χ0n) is 22.4. The van der Waals surface area contributed by atoms with Crippen molar-refractivity contribution in [1.29, 1.82) is 0 Å². The summed E-state index contributed by atoms with van der Waals surface area (Å²) in [6.45, 7) is 6.42. The molecule has 1 aliphatic carbocycles. The molecule has 0 unspecified atom stereocenters. The number of morpholine rings is 1. The molecule has 2 fully saturated rings. The number of amides is 3. The van der Waals surface area contributed by atoms with Crippen molar-refractivity contribution in [2.45, 2.75) is 51.9 Å². The molecule has 1 saturated carbocycles. The number of nitrogens with zero attached hydrogens (tertiary/aromatic N) is 2. The monoisotopic (exact) mass is 600 g/mol. The molecule has 3 amide bonds. The van der Waals surface area contributed by atoms with Crippen molar-refractivity contribution in [2.24, 2.45) is 5.41 Å². The number of benzene rings is 1. The number of carbonyl (C=O) groups excluding carboxylic acids is 3. The Labute approximate surface area is 239 Å². The minimum absolute atomic E-state index is 0.00596. The standard InChI is InChI=1S/C27H32ClF3N4O4S/c1-26(2,3)15-35(17-5-6-17)20(13-32-25(38)21-8-9-22(28)40-21)24(37)33-16-4-7-19(18(12-16)27(29,30)31)34-10-11-39-14-23(34)36/h4,7-9,12,17,20H,5-6,10-11,13-15H2,1-3H3,(H,32,38)(H,33,37)/t20-/m1/s1. The van der Waals surface area contributed by atoms with Gasteiger partial charge in [-0.1, -0.05) is 32.4 Å². The van der Waals surface area contributed by atoms with Gasteiger partial charge in [0.1, 0.15) is 12.6 Å². The van der Waals surface area contributed by atoms with Crippen molar-refractivity contribution in [1.82, 2.24) is 10.2 Å². The number of rotatable bonds is 9. The smallest absolute Gasteiger partial charge is 0.370 e. The Morgan fingerprint density at radius 1 is 1.20 bits per heavy atom. The average Bonchev–Trinajstić information content (AvgIpc) is 3.62. The van der Waals surface area contributed by atoms with Crippen LogP contribution in [-0.4, -0.2) is 67.6 Å². The number of halogens is 4. The molecule has 0 bridgehead atoms. The summed E-state index contributed by atoms with van der Waals surface area (Å²) in [6, 6.07) is 5.86. The molecule has 2 aliphatic rings. The minimum atomic E-state index is -4.77. The third-order valence-corrected chi connectivity index (χ3v) is 7.70. The Bertz CT molecular complexity index is 1260. The fourth-order valence-corrected chi connectivity index (χ4v) is 5.56. The number of thiophene rings is 1. The van der Waals surface area contributed by atoms with E-state index in [4.69, 9.17) is 16.3 Å². The van der Waals surface area contributed by atoms with Crippen molar-refractivity contribution in [2.75, 3.05) is 43.1 Å². The average molecular weight is 601 g/mol. The molecule has 1 atom stereocenters. The van der Waals surface area contributed by atoms with E-state index in [-0.39, 0.29) is 55.0 Å². The van der Waals surface area contributed by atoms with Crippen LogP contribution in [0, 0.1) is 5.41 Å². The van der Waals surface area contributed by atoms with Crippen LogP contribution in [0.5, 0.6) is 0 Å². The summed E-state index contributed by atoms with van der Waals surface area (Å²) in [6.07, 6.45) is -3.00. The molecule has 2 N–H and O–H groups in total. The summed E-state index contributed by atoms with van der Waals surface area (Å²) in [5, 5.41) is 5.43.